The zero-order chi connectivity index (χ0) is 18.8. The van der Waals surface area contributed by atoms with Crippen LogP contribution in [0.4, 0.5) is 11.4 Å². The maximum Gasteiger partial charge on any atom is 0.271 e. The largest absolute Gasteiger partial charge is 0.360 e. The van der Waals surface area contributed by atoms with Crippen molar-refractivity contribution in [3.8, 4) is 11.3 Å². The van der Waals surface area contributed by atoms with Gasteiger partial charge in [-0.3, -0.25) is 14.9 Å². The Kier molecular flexibility index (Phi) is 4.92. The molecule has 0 saturated carbocycles. The SMILES string of the molecule is Cc1onc(-c2ccccc2Cl)c1C(=O)Nc1cc([N+](=O)[O-])ccc1Cl. The molecule has 0 aliphatic heterocycles. The fourth-order valence-electron chi connectivity index (χ4n) is 2.38. The number of aromatic nitrogens is 1. The van der Waals surface area contributed by atoms with Crippen molar-refractivity contribution in [1.29, 1.82) is 0 Å². The van der Waals surface area contributed by atoms with E-state index in [2.05, 4.69) is 10.5 Å². The molecule has 3 rings (SSSR count). The first kappa shape index (κ1) is 17.9. The van der Waals surface area contributed by atoms with Crippen LogP contribution in [0.25, 0.3) is 11.3 Å². The summed E-state index contributed by atoms with van der Waals surface area (Å²) >= 11 is 12.2. The first-order valence-corrected chi connectivity index (χ1v) is 8.10. The Balaban J connectivity index is 2.00. The van der Waals surface area contributed by atoms with Gasteiger partial charge in [-0.25, -0.2) is 0 Å². The smallest absolute Gasteiger partial charge is 0.271 e. The van der Waals surface area contributed by atoms with E-state index in [9.17, 15) is 14.9 Å². The van der Waals surface area contributed by atoms with Crippen molar-refractivity contribution in [2.75, 3.05) is 5.32 Å². The molecule has 0 unspecified atom stereocenters. The third-order valence-corrected chi connectivity index (χ3v) is 4.29. The van der Waals surface area contributed by atoms with Crippen molar-refractivity contribution < 1.29 is 14.2 Å². The second-order valence-electron chi connectivity index (χ2n) is 5.32. The lowest BCUT2D eigenvalue weighted by atomic mass is 10.1. The number of anilines is 1. The van der Waals surface area contributed by atoms with Crippen LogP contribution >= 0.6 is 23.2 Å². The van der Waals surface area contributed by atoms with Crippen molar-refractivity contribution in [3.63, 3.8) is 0 Å². The quantitative estimate of drug-likeness (QED) is 0.491. The number of nitrogens with one attached hydrogen (secondary N) is 1. The molecule has 9 heteroatoms. The molecular weight excluding hydrogens is 381 g/mol. The number of carbonyl (C=O) groups is 1. The van der Waals surface area contributed by atoms with Crippen molar-refractivity contribution in [1.82, 2.24) is 5.16 Å². The molecule has 132 valence electrons. The normalized spacial score (nSPS) is 10.6. The van der Waals surface area contributed by atoms with Crippen molar-refractivity contribution in [3.05, 3.63) is 73.9 Å². The molecule has 0 radical (unpaired) electrons. The minimum absolute atomic E-state index is 0.108. The van der Waals surface area contributed by atoms with Gasteiger partial charge in [0.2, 0.25) is 0 Å². The molecule has 0 spiro atoms. The Morgan fingerprint density at radius 1 is 1.19 bits per heavy atom. The highest BCUT2D eigenvalue weighted by Crippen LogP contribution is 2.32. The average molecular weight is 392 g/mol. The summed E-state index contributed by atoms with van der Waals surface area (Å²) in [5.74, 6) is -0.292. The highest BCUT2D eigenvalue weighted by Gasteiger charge is 2.24. The van der Waals surface area contributed by atoms with E-state index < -0.39 is 10.8 Å². The van der Waals surface area contributed by atoms with Crippen LogP contribution < -0.4 is 5.32 Å². The Hall–Kier alpha value is -2.90. The van der Waals surface area contributed by atoms with Crippen LogP contribution in [-0.2, 0) is 0 Å². The van der Waals surface area contributed by atoms with Crippen LogP contribution in [0, 0.1) is 17.0 Å². The Bertz CT molecular complexity index is 1020. The number of hydrogen-bond donors (Lipinski definition) is 1. The number of nitro groups is 1. The molecule has 1 aromatic heterocycles. The first-order chi connectivity index (χ1) is 12.4. The number of rotatable bonds is 4. The molecule has 1 amide bonds. The van der Waals surface area contributed by atoms with Gasteiger partial charge in [0.15, 0.2) is 0 Å². The topological polar surface area (TPSA) is 98.3 Å². The maximum atomic E-state index is 12.8. The Morgan fingerprint density at radius 3 is 2.62 bits per heavy atom. The van der Waals surface area contributed by atoms with Crippen LogP contribution in [0.5, 0.6) is 0 Å². The second-order valence-corrected chi connectivity index (χ2v) is 6.13. The lowest BCUT2D eigenvalue weighted by molar-refractivity contribution is -0.384. The van der Waals surface area contributed by atoms with Gasteiger partial charge < -0.3 is 9.84 Å². The standard InChI is InChI=1S/C17H11Cl2N3O4/c1-9-15(16(21-26-9)11-4-2-3-5-12(11)18)17(23)20-14-8-10(22(24)25)6-7-13(14)19/h2-8H,1H3,(H,20,23). The number of carbonyl (C=O) groups excluding carboxylic acids is 1. The summed E-state index contributed by atoms with van der Waals surface area (Å²) in [5, 5.41) is 18.0. The predicted molar refractivity (Wildman–Crippen MR) is 97.7 cm³/mol. The molecule has 1 N–H and O–H groups in total. The van der Waals surface area contributed by atoms with Gasteiger partial charge >= 0.3 is 0 Å². The maximum absolute atomic E-state index is 12.8. The molecule has 1 heterocycles. The van der Waals surface area contributed by atoms with Gasteiger partial charge in [-0.15, -0.1) is 0 Å². The number of hydrogen-bond acceptors (Lipinski definition) is 5. The van der Waals surface area contributed by atoms with Gasteiger partial charge in [-0.05, 0) is 19.1 Å². The van der Waals surface area contributed by atoms with Crippen LogP contribution in [0.2, 0.25) is 10.0 Å². The fraction of sp³-hybridized carbons (Fsp3) is 0.0588. The Labute approximate surface area is 157 Å². The summed E-state index contributed by atoms with van der Waals surface area (Å²) in [6.07, 6.45) is 0. The zero-order valence-corrected chi connectivity index (χ0v) is 14.8. The van der Waals surface area contributed by atoms with Gasteiger partial charge in [-0.1, -0.05) is 46.6 Å². The van der Waals surface area contributed by atoms with Gasteiger partial charge in [0.05, 0.1) is 20.7 Å². The number of aryl methyl sites for hydroxylation is 1. The van der Waals surface area contributed by atoms with Crippen molar-refractivity contribution in [2.24, 2.45) is 0 Å². The van der Waals surface area contributed by atoms with Crippen LogP contribution in [-0.4, -0.2) is 16.0 Å². The van der Waals surface area contributed by atoms with E-state index in [4.69, 9.17) is 27.7 Å². The zero-order valence-electron chi connectivity index (χ0n) is 13.3. The highest BCUT2D eigenvalue weighted by atomic mass is 35.5. The molecule has 26 heavy (non-hydrogen) atoms. The summed E-state index contributed by atoms with van der Waals surface area (Å²) in [7, 11) is 0. The van der Waals surface area contributed by atoms with E-state index in [0.717, 1.165) is 0 Å². The molecule has 0 atom stereocenters. The minimum atomic E-state index is -0.578. The summed E-state index contributed by atoms with van der Waals surface area (Å²) in [6, 6.07) is 10.6. The summed E-state index contributed by atoms with van der Waals surface area (Å²) in [4.78, 5) is 23.1. The number of benzene rings is 2. The van der Waals surface area contributed by atoms with E-state index in [1.807, 2.05) is 0 Å². The number of nitro benzene ring substituents is 1. The molecule has 0 fully saturated rings. The van der Waals surface area contributed by atoms with E-state index in [1.54, 1.807) is 31.2 Å². The lowest BCUT2D eigenvalue weighted by Gasteiger charge is -2.08. The predicted octanol–water partition coefficient (Wildman–Crippen LogP) is 5.12. The van der Waals surface area contributed by atoms with E-state index in [1.165, 1.54) is 18.2 Å². The van der Waals surface area contributed by atoms with Gasteiger partial charge in [0, 0.05) is 17.7 Å². The van der Waals surface area contributed by atoms with Gasteiger partial charge in [0.25, 0.3) is 11.6 Å². The summed E-state index contributed by atoms with van der Waals surface area (Å²) < 4.78 is 5.15. The van der Waals surface area contributed by atoms with Gasteiger partial charge in [-0.2, -0.15) is 0 Å². The van der Waals surface area contributed by atoms with Crippen LogP contribution in [0.3, 0.4) is 0 Å². The molecule has 0 aliphatic rings. The van der Waals surface area contributed by atoms with Crippen molar-refractivity contribution in [2.45, 2.75) is 6.92 Å². The lowest BCUT2D eigenvalue weighted by Crippen LogP contribution is -2.14. The number of non-ortho nitro benzene ring substituents is 1. The van der Waals surface area contributed by atoms with Gasteiger partial charge in [0.1, 0.15) is 17.0 Å². The molecule has 0 bridgehead atoms. The second kappa shape index (κ2) is 7.15. The molecule has 0 aliphatic carbocycles. The number of nitrogens with zero attached hydrogens (tertiary/aromatic N) is 2. The van der Waals surface area contributed by atoms with E-state index in [0.29, 0.717) is 10.6 Å². The van der Waals surface area contributed by atoms with Crippen LogP contribution in [0.1, 0.15) is 16.1 Å². The monoisotopic (exact) mass is 391 g/mol. The molecule has 0 saturated heterocycles. The molecule has 2 aromatic carbocycles. The third kappa shape index (κ3) is 3.40. The van der Waals surface area contributed by atoms with Crippen LogP contribution in [0.15, 0.2) is 47.0 Å². The summed E-state index contributed by atoms with van der Waals surface area (Å²) in [6.45, 7) is 1.58. The average Bonchev–Trinajstić information content (AvgIpc) is 2.98. The third-order valence-electron chi connectivity index (χ3n) is 3.63. The number of amides is 1. The highest BCUT2D eigenvalue weighted by molar-refractivity contribution is 6.34. The van der Waals surface area contributed by atoms with E-state index >= 15 is 0 Å². The number of halogens is 2. The molecular formula is C17H11Cl2N3O4. The Morgan fingerprint density at radius 2 is 1.92 bits per heavy atom. The minimum Gasteiger partial charge on any atom is -0.360 e. The van der Waals surface area contributed by atoms with Crippen molar-refractivity contribution >= 4 is 40.5 Å². The molecule has 7 nitrogen and oxygen atoms in total. The van der Waals surface area contributed by atoms with E-state index in [-0.39, 0.29) is 33.4 Å². The summed E-state index contributed by atoms with van der Waals surface area (Å²) in [5.41, 5.74) is 0.878. The fourth-order valence-corrected chi connectivity index (χ4v) is 2.77. The first-order valence-electron chi connectivity index (χ1n) is 7.35. The molecule has 3 aromatic rings.